The van der Waals surface area contributed by atoms with Crippen molar-refractivity contribution < 1.29 is 9.59 Å². The molecule has 0 aliphatic rings. The van der Waals surface area contributed by atoms with Gasteiger partial charge >= 0.3 is 0 Å². The fourth-order valence-electron chi connectivity index (χ4n) is 2.62. The van der Waals surface area contributed by atoms with Crippen molar-refractivity contribution in [3.8, 4) is 0 Å². The van der Waals surface area contributed by atoms with E-state index in [1.807, 2.05) is 67.6 Å². The van der Waals surface area contributed by atoms with E-state index in [-0.39, 0.29) is 18.4 Å². The smallest absolute Gasteiger partial charge is 0.246 e. The molecule has 2 aromatic rings. The molecule has 2 rings (SSSR count). The third-order valence-corrected chi connectivity index (χ3v) is 3.97. The van der Waals surface area contributed by atoms with Crippen molar-refractivity contribution >= 4 is 17.5 Å². The number of benzene rings is 2. The summed E-state index contributed by atoms with van der Waals surface area (Å²) in [7, 11) is 0. The molecule has 0 aromatic heterocycles. The van der Waals surface area contributed by atoms with Gasteiger partial charge in [0.1, 0.15) is 6.54 Å². The van der Waals surface area contributed by atoms with Crippen LogP contribution in [0.1, 0.15) is 19.4 Å². The van der Waals surface area contributed by atoms with Crippen LogP contribution in [0.25, 0.3) is 0 Å². The van der Waals surface area contributed by atoms with E-state index in [1.165, 1.54) is 6.92 Å². The Morgan fingerprint density at radius 2 is 1.50 bits per heavy atom. The minimum Gasteiger partial charge on any atom is -0.333 e. The molecule has 24 heavy (non-hydrogen) atoms. The second-order valence-corrected chi connectivity index (χ2v) is 5.65. The van der Waals surface area contributed by atoms with Crippen molar-refractivity contribution in [3.63, 3.8) is 0 Å². The summed E-state index contributed by atoms with van der Waals surface area (Å²) in [6.45, 7) is 4.67. The second-order valence-electron chi connectivity index (χ2n) is 5.65. The van der Waals surface area contributed by atoms with Crippen molar-refractivity contribution in [2.75, 3.05) is 24.5 Å². The van der Waals surface area contributed by atoms with E-state index in [4.69, 9.17) is 0 Å². The van der Waals surface area contributed by atoms with Crippen LogP contribution in [0.3, 0.4) is 0 Å². The molecule has 2 aromatic carbocycles. The van der Waals surface area contributed by atoms with Crippen LogP contribution in [-0.4, -0.2) is 36.3 Å². The maximum atomic E-state index is 12.6. The average molecular weight is 324 g/mol. The zero-order valence-electron chi connectivity index (χ0n) is 14.3. The predicted octanol–water partition coefficient (Wildman–Crippen LogP) is 3.13. The van der Waals surface area contributed by atoms with E-state index >= 15 is 0 Å². The molecule has 0 saturated heterocycles. The van der Waals surface area contributed by atoms with E-state index in [0.29, 0.717) is 13.1 Å². The van der Waals surface area contributed by atoms with Gasteiger partial charge in [-0.2, -0.15) is 0 Å². The summed E-state index contributed by atoms with van der Waals surface area (Å²) >= 11 is 0. The van der Waals surface area contributed by atoms with Crippen LogP contribution in [0.15, 0.2) is 60.7 Å². The van der Waals surface area contributed by atoms with Crippen LogP contribution in [0, 0.1) is 0 Å². The number of nitrogens with zero attached hydrogens (tertiary/aromatic N) is 2. The van der Waals surface area contributed by atoms with Crippen LogP contribution in [0.2, 0.25) is 0 Å². The Labute approximate surface area is 143 Å². The quantitative estimate of drug-likeness (QED) is 0.785. The molecule has 0 heterocycles. The number of carbonyl (C=O) groups excluding carboxylic acids is 2. The average Bonchev–Trinajstić information content (AvgIpc) is 2.61. The van der Waals surface area contributed by atoms with E-state index in [9.17, 15) is 9.59 Å². The van der Waals surface area contributed by atoms with Crippen LogP contribution < -0.4 is 4.90 Å². The molecule has 0 bridgehead atoms. The summed E-state index contributed by atoms with van der Waals surface area (Å²) in [6.07, 6.45) is 0.741. The molecule has 0 atom stereocenters. The van der Waals surface area contributed by atoms with E-state index < -0.39 is 0 Å². The Balaban J connectivity index is 2.01. The SMILES string of the molecule is CCN(C(=O)CN(CCc1ccccc1)C(C)=O)c1ccccc1. The van der Waals surface area contributed by atoms with Gasteiger partial charge in [0.25, 0.3) is 0 Å². The lowest BCUT2D eigenvalue weighted by Gasteiger charge is -2.26. The maximum Gasteiger partial charge on any atom is 0.246 e. The highest BCUT2D eigenvalue weighted by molar-refractivity contribution is 5.96. The Kier molecular flexibility index (Phi) is 6.55. The minimum atomic E-state index is -0.0802. The van der Waals surface area contributed by atoms with Gasteiger partial charge in [-0.1, -0.05) is 48.5 Å². The predicted molar refractivity (Wildman–Crippen MR) is 96.9 cm³/mol. The van der Waals surface area contributed by atoms with Gasteiger partial charge in [0.15, 0.2) is 0 Å². The van der Waals surface area contributed by atoms with E-state index in [2.05, 4.69) is 0 Å². The Bertz CT molecular complexity index is 656. The number of likely N-dealkylation sites (N-methyl/N-ethyl adjacent to an activating group) is 1. The highest BCUT2D eigenvalue weighted by Crippen LogP contribution is 2.13. The van der Waals surface area contributed by atoms with E-state index in [0.717, 1.165) is 17.7 Å². The molecule has 4 heteroatoms. The third-order valence-electron chi connectivity index (χ3n) is 3.97. The summed E-state index contributed by atoms with van der Waals surface area (Å²) in [5.74, 6) is -0.143. The van der Waals surface area contributed by atoms with Gasteiger partial charge in [-0.25, -0.2) is 0 Å². The van der Waals surface area contributed by atoms with Crippen molar-refractivity contribution in [3.05, 3.63) is 66.2 Å². The van der Waals surface area contributed by atoms with Crippen LogP contribution in [0.5, 0.6) is 0 Å². The second kappa shape index (κ2) is 8.87. The van der Waals surface area contributed by atoms with Gasteiger partial charge in [-0.15, -0.1) is 0 Å². The molecular weight excluding hydrogens is 300 g/mol. The van der Waals surface area contributed by atoms with Gasteiger partial charge in [-0.3, -0.25) is 9.59 Å². The molecule has 0 radical (unpaired) electrons. The van der Waals surface area contributed by atoms with Crippen molar-refractivity contribution in [1.29, 1.82) is 0 Å². The largest absolute Gasteiger partial charge is 0.333 e. The fourth-order valence-corrected chi connectivity index (χ4v) is 2.62. The van der Waals surface area contributed by atoms with Crippen molar-refractivity contribution in [2.24, 2.45) is 0 Å². The molecule has 0 fully saturated rings. The highest BCUT2D eigenvalue weighted by Gasteiger charge is 2.19. The van der Waals surface area contributed by atoms with Gasteiger partial charge in [0.2, 0.25) is 11.8 Å². The minimum absolute atomic E-state index is 0.0630. The first-order valence-corrected chi connectivity index (χ1v) is 8.26. The molecule has 0 unspecified atom stereocenters. The number of hydrogen-bond acceptors (Lipinski definition) is 2. The number of para-hydroxylation sites is 1. The highest BCUT2D eigenvalue weighted by atomic mass is 16.2. The zero-order valence-corrected chi connectivity index (χ0v) is 14.3. The van der Waals surface area contributed by atoms with Gasteiger partial charge < -0.3 is 9.80 Å². The summed E-state index contributed by atoms with van der Waals surface area (Å²) in [6, 6.07) is 19.5. The van der Waals surface area contributed by atoms with Crippen molar-refractivity contribution in [2.45, 2.75) is 20.3 Å². The number of carbonyl (C=O) groups is 2. The molecule has 0 saturated carbocycles. The first-order valence-electron chi connectivity index (χ1n) is 8.26. The molecule has 4 nitrogen and oxygen atoms in total. The summed E-state index contributed by atoms with van der Waals surface area (Å²) in [4.78, 5) is 27.9. The lowest BCUT2D eigenvalue weighted by Crippen LogP contribution is -2.43. The first-order chi connectivity index (χ1) is 11.6. The van der Waals surface area contributed by atoms with Crippen LogP contribution in [-0.2, 0) is 16.0 Å². The van der Waals surface area contributed by atoms with Gasteiger partial charge in [-0.05, 0) is 31.0 Å². The Morgan fingerprint density at radius 1 is 0.917 bits per heavy atom. The third kappa shape index (κ3) is 4.95. The molecular formula is C20H24N2O2. The standard InChI is InChI=1S/C20H24N2O2/c1-3-22(19-12-8-5-9-13-19)20(24)16-21(17(2)23)15-14-18-10-6-4-7-11-18/h4-13H,3,14-16H2,1-2H3. The lowest BCUT2D eigenvalue weighted by molar-refractivity contribution is -0.133. The number of anilines is 1. The fraction of sp³-hybridized carbons (Fsp3) is 0.300. The van der Waals surface area contributed by atoms with Crippen molar-refractivity contribution in [1.82, 2.24) is 4.90 Å². The number of rotatable bonds is 7. The molecule has 0 aliphatic heterocycles. The Hall–Kier alpha value is -2.62. The number of amides is 2. The van der Waals surface area contributed by atoms with Crippen LogP contribution >= 0.6 is 0 Å². The summed E-state index contributed by atoms with van der Waals surface area (Å²) in [5, 5.41) is 0. The first kappa shape index (κ1) is 17.7. The van der Waals surface area contributed by atoms with Gasteiger partial charge in [0, 0.05) is 25.7 Å². The van der Waals surface area contributed by atoms with E-state index in [1.54, 1.807) is 9.80 Å². The zero-order chi connectivity index (χ0) is 17.4. The molecule has 0 N–H and O–H groups in total. The lowest BCUT2D eigenvalue weighted by atomic mass is 10.1. The molecule has 126 valence electrons. The molecule has 0 spiro atoms. The van der Waals surface area contributed by atoms with Crippen LogP contribution in [0.4, 0.5) is 5.69 Å². The normalized spacial score (nSPS) is 10.2. The van der Waals surface area contributed by atoms with Gasteiger partial charge in [0.05, 0.1) is 0 Å². The monoisotopic (exact) mass is 324 g/mol. The molecule has 2 amide bonds. The Morgan fingerprint density at radius 3 is 2.04 bits per heavy atom. The maximum absolute atomic E-state index is 12.6. The molecule has 0 aliphatic carbocycles. The number of hydrogen-bond donors (Lipinski definition) is 0. The topological polar surface area (TPSA) is 40.6 Å². The summed E-state index contributed by atoms with van der Waals surface area (Å²) < 4.78 is 0. The summed E-state index contributed by atoms with van der Waals surface area (Å²) in [5.41, 5.74) is 2.02.